The molecule has 0 amide bonds. The first-order valence-electron chi connectivity index (χ1n) is 11.1. The highest BCUT2D eigenvalue weighted by molar-refractivity contribution is 6.10. The molecule has 2 aromatic carbocycles. The van der Waals surface area contributed by atoms with E-state index in [0.717, 1.165) is 22.4 Å². The summed E-state index contributed by atoms with van der Waals surface area (Å²) in [4.78, 5) is 0. The average molecular weight is 361 g/mol. The Kier molecular flexibility index (Phi) is 3.33. The molecule has 2 nitrogen and oxygen atoms in total. The molecule has 0 aliphatic rings. The minimum Gasteiger partial charge on any atom is -0.234 e. The van der Waals surface area contributed by atoms with Crippen LogP contribution in [0.25, 0.3) is 27.6 Å². The molecule has 0 aliphatic heterocycles. The predicted molar refractivity (Wildman–Crippen MR) is 115 cm³/mol. The fourth-order valence-corrected chi connectivity index (χ4v) is 4.25. The molecule has 0 radical (unpaired) electrons. The highest BCUT2D eigenvalue weighted by atomic mass is 15.1. The molecule has 27 heavy (non-hydrogen) atoms. The van der Waals surface area contributed by atoms with Crippen molar-refractivity contribution in [3.05, 3.63) is 70.4 Å². The van der Waals surface area contributed by atoms with Gasteiger partial charge in [-0.25, -0.2) is 4.57 Å². The molecular formula is C25H29N2+. The van der Waals surface area contributed by atoms with Crippen LogP contribution in [0.3, 0.4) is 0 Å². The Hall–Kier alpha value is -2.61. The standard InChI is InChI=1S/C25H29N2/c1-15(2)20-10-11-22-21-9-8-16(3)13-23(21)27(25(22)19(20)6)24-14-17(4)12-18(5)26(24)7/h8-15H,1-7H3/q+1/i5D3. The highest BCUT2D eigenvalue weighted by Crippen LogP contribution is 2.36. The van der Waals surface area contributed by atoms with Gasteiger partial charge in [-0.05, 0) is 74.5 Å². The van der Waals surface area contributed by atoms with Gasteiger partial charge in [-0.1, -0.05) is 26.0 Å². The Bertz CT molecular complexity index is 1290. The first-order chi connectivity index (χ1) is 14.0. The summed E-state index contributed by atoms with van der Waals surface area (Å²) in [6, 6.07) is 14.8. The zero-order chi connectivity index (χ0) is 22.0. The zero-order valence-corrected chi connectivity index (χ0v) is 17.0. The van der Waals surface area contributed by atoms with E-state index in [-0.39, 0.29) is 0 Å². The van der Waals surface area contributed by atoms with Gasteiger partial charge in [-0.2, -0.15) is 4.57 Å². The van der Waals surface area contributed by atoms with Crippen LogP contribution in [-0.4, -0.2) is 4.57 Å². The second-order valence-corrected chi connectivity index (χ2v) is 8.02. The molecule has 0 bridgehead atoms. The lowest BCUT2D eigenvalue weighted by Gasteiger charge is -2.12. The molecule has 2 heterocycles. The number of nitrogens with zero attached hydrogens (tertiary/aromatic N) is 2. The largest absolute Gasteiger partial charge is 0.287 e. The van der Waals surface area contributed by atoms with E-state index in [9.17, 15) is 0 Å². The van der Waals surface area contributed by atoms with Crippen LogP contribution in [0.4, 0.5) is 0 Å². The van der Waals surface area contributed by atoms with Crippen LogP contribution in [0.2, 0.25) is 0 Å². The number of pyridine rings is 1. The molecule has 2 heteroatoms. The fourth-order valence-electron chi connectivity index (χ4n) is 4.25. The fraction of sp³-hybridized carbons (Fsp3) is 0.320. The Morgan fingerprint density at radius 2 is 1.67 bits per heavy atom. The smallest absolute Gasteiger partial charge is 0.234 e. The Morgan fingerprint density at radius 1 is 0.926 bits per heavy atom. The summed E-state index contributed by atoms with van der Waals surface area (Å²) in [5.41, 5.74) is 7.28. The van der Waals surface area contributed by atoms with Crippen molar-refractivity contribution in [1.82, 2.24) is 4.57 Å². The molecule has 4 rings (SSSR count). The first-order valence-corrected chi connectivity index (χ1v) is 9.56. The van der Waals surface area contributed by atoms with Crippen LogP contribution >= 0.6 is 0 Å². The normalized spacial score (nSPS) is 14.0. The van der Waals surface area contributed by atoms with E-state index in [1.807, 2.05) is 18.5 Å². The number of fused-ring (bicyclic) bond motifs is 3. The lowest BCUT2D eigenvalue weighted by molar-refractivity contribution is -0.671. The summed E-state index contributed by atoms with van der Waals surface area (Å²) in [7, 11) is 1.85. The summed E-state index contributed by atoms with van der Waals surface area (Å²) in [5.74, 6) is 1.28. The molecule has 0 saturated heterocycles. The molecule has 0 aliphatic carbocycles. The summed E-state index contributed by atoms with van der Waals surface area (Å²) < 4.78 is 28.2. The molecule has 0 atom stereocenters. The molecule has 0 unspecified atom stereocenters. The second-order valence-electron chi connectivity index (χ2n) is 8.02. The number of aromatic nitrogens is 2. The van der Waals surface area contributed by atoms with Crippen LogP contribution in [0.5, 0.6) is 0 Å². The monoisotopic (exact) mass is 360 g/mol. The predicted octanol–water partition coefficient (Wildman–Crippen LogP) is 5.97. The maximum absolute atomic E-state index is 8.03. The summed E-state index contributed by atoms with van der Waals surface area (Å²) in [5, 5.41) is 2.38. The molecule has 0 fully saturated rings. The van der Waals surface area contributed by atoms with E-state index >= 15 is 0 Å². The first kappa shape index (κ1) is 14.4. The van der Waals surface area contributed by atoms with Crippen LogP contribution < -0.4 is 4.57 Å². The van der Waals surface area contributed by atoms with Gasteiger partial charge < -0.3 is 0 Å². The summed E-state index contributed by atoms with van der Waals surface area (Å²) >= 11 is 0. The SMILES string of the molecule is [2H]C([2H])([2H])c1cc(C)cc(-n2c3cc(C)ccc3c3ccc(C(C)C)c(C)c32)[n+]1C. The number of rotatable bonds is 2. The van der Waals surface area contributed by atoms with Gasteiger partial charge in [0.05, 0.1) is 7.05 Å². The van der Waals surface area contributed by atoms with Gasteiger partial charge in [0, 0.05) is 26.5 Å². The Balaban J connectivity index is 2.24. The highest BCUT2D eigenvalue weighted by Gasteiger charge is 2.24. The van der Waals surface area contributed by atoms with Gasteiger partial charge in [0.2, 0.25) is 0 Å². The number of benzene rings is 2. The molecule has 0 spiro atoms. The number of hydrogen-bond acceptors (Lipinski definition) is 0. The minimum absolute atomic E-state index is 0.345. The van der Waals surface area contributed by atoms with Gasteiger partial charge in [0.15, 0.2) is 0 Å². The molecular weight excluding hydrogens is 328 g/mol. The zero-order valence-electron chi connectivity index (χ0n) is 20.0. The topological polar surface area (TPSA) is 8.81 Å². The van der Waals surface area contributed by atoms with E-state index < -0.39 is 6.85 Å². The van der Waals surface area contributed by atoms with Crippen molar-refractivity contribution in [2.75, 3.05) is 0 Å². The Morgan fingerprint density at radius 3 is 2.37 bits per heavy atom. The van der Waals surface area contributed by atoms with Crippen molar-refractivity contribution in [2.24, 2.45) is 7.05 Å². The minimum atomic E-state index is -2.18. The van der Waals surface area contributed by atoms with E-state index in [0.29, 0.717) is 11.6 Å². The average Bonchev–Trinajstić information content (AvgIpc) is 2.96. The van der Waals surface area contributed by atoms with Gasteiger partial charge in [0.25, 0.3) is 5.82 Å². The van der Waals surface area contributed by atoms with Crippen molar-refractivity contribution < 1.29 is 8.68 Å². The third-order valence-electron chi connectivity index (χ3n) is 5.66. The van der Waals surface area contributed by atoms with Crippen molar-refractivity contribution in [2.45, 2.75) is 47.4 Å². The third-order valence-corrected chi connectivity index (χ3v) is 5.66. The van der Waals surface area contributed by atoms with Crippen molar-refractivity contribution in [3.8, 4) is 5.82 Å². The molecule has 2 aromatic heterocycles. The maximum Gasteiger partial charge on any atom is 0.287 e. The van der Waals surface area contributed by atoms with E-state index in [1.165, 1.54) is 27.5 Å². The number of hydrogen-bond donors (Lipinski definition) is 0. The van der Waals surface area contributed by atoms with Crippen LogP contribution in [0.1, 0.15) is 51.8 Å². The second kappa shape index (κ2) is 6.23. The van der Waals surface area contributed by atoms with E-state index in [4.69, 9.17) is 4.11 Å². The summed E-state index contributed by atoms with van der Waals surface area (Å²) in [6.07, 6.45) is 0. The van der Waals surface area contributed by atoms with Crippen LogP contribution in [0, 0.1) is 27.6 Å². The van der Waals surface area contributed by atoms with E-state index in [1.54, 1.807) is 6.07 Å². The molecule has 0 saturated carbocycles. The van der Waals surface area contributed by atoms with Gasteiger partial charge in [-0.3, -0.25) is 0 Å². The van der Waals surface area contributed by atoms with Crippen LogP contribution in [0.15, 0.2) is 42.5 Å². The van der Waals surface area contributed by atoms with Crippen molar-refractivity contribution >= 4 is 21.8 Å². The van der Waals surface area contributed by atoms with Crippen molar-refractivity contribution in [1.29, 1.82) is 0 Å². The molecule has 4 aromatic rings. The quantitative estimate of drug-likeness (QED) is 0.390. The van der Waals surface area contributed by atoms with Crippen LogP contribution in [-0.2, 0) is 7.05 Å². The van der Waals surface area contributed by atoms with E-state index in [2.05, 4.69) is 68.7 Å². The lowest BCUT2D eigenvalue weighted by Crippen LogP contribution is -2.37. The molecule has 0 N–H and O–H groups in total. The van der Waals surface area contributed by atoms with Crippen molar-refractivity contribution in [3.63, 3.8) is 0 Å². The maximum atomic E-state index is 8.03. The number of aryl methyl sites for hydroxylation is 4. The lowest BCUT2D eigenvalue weighted by atomic mass is 9.95. The van der Waals surface area contributed by atoms with Gasteiger partial charge in [0.1, 0.15) is 16.7 Å². The molecule has 138 valence electrons. The summed E-state index contributed by atoms with van der Waals surface area (Å²) in [6.45, 7) is 8.49. The van der Waals surface area contributed by atoms with Gasteiger partial charge >= 0.3 is 0 Å². The van der Waals surface area contributed by atoms with Gasteiger partial charge in [-0.15, -0.1) is 0 Å². The third kappa shape index (κ3) is 2.66. The Labute approximate surface area is 166 Å².